The largest absolute Gasteiger partial charge is 0.365 e. The summed E-state index contributed by atoms with van der Waals surface area (Å²) >= 11 is 0. The molecule has 0 bridgehead atoms. The third-order valence-electron chi connectivity index (χ3n) is 6.15. The number of fused-ring (bicyclic) bond motifs is 2. The van der Waals surface area contributed by atoms with E-state index in [1.807, 2.05) is 53.1 Å². The fourth-order valence-electron chi connectivity index (χ4n) is 4.60. The molecule has 0 radical (unpaired) electrons. The number of benzene rings is 2. The Balaban J connectivity index is 1.45. The van der Waals surface area contributed by atoms with Crippen LogP contribution in [-0.2, 0) is 11.8 Å². The first-order valence-electron chi connectivity index (χ1n) is 11.0. The lowest BCUT2D eigenvalue weighted by molar-refractivity contribution is -0.119. The highest BCUT2D eigenvalue weighted by Gasteiger charge is 2.22. The summed E-state index contributed by atoms with van der Waals surface area (Å²) in [4.78, 5) is 16.0. The molecule has 8 nitrogen and oxygen atoms in total. The van der Waals surface area contributed by atoms with Gasteiger partial charge in [0.25, 0.3) is 0 Å². The van der Waals surface area contributed by atoms with Gasteiger partial charge in [0, 0.05) is 42.5 Å². The zero-order chi connectivity index (χ0) is 22.5. The molecule has 1 aliphatic heterocycles. The van der Waals surface area contributed by atoms with Gasteiger partial charge in [-0.3, -0.25) is 9.48 Å². The number of nitrogens with one attached hydrogen (secondary N) is 2. The second-order valence-corrected chi connectivity index (χ2v) is 8.52. The van der Waals surface area contributed by atoms with Gasteiger partial charge in [0.15, 0.2) is 0 Å². The van der Waals surface area contributed by atoms with Crippen LogP contribution >= 0.6 is 0 Å². The predicted octanol–water partition coefficient (Wildman–Crippen LogP) is 3.58. The standard InChI is InChI=1S/C25H23N7O/c1-15-5-3-7-19-24(18-6-4-8-21-20(18)14-31(2)29-21)30-32(25(15)19)17-9-10-22(26-13-17)28-16-11-23(33)27-12-16/h3-10,13-14,16H,11-12H2,1-2H3,(H,26,28)(H,27,33). The number of carbonyl (C=O) groups excluding carboxylic acids is 1. The summed E-state index contributed by atoms with van der Waals surface area (Å²) in [6, 6.07) is 16.4. The van der Waals surface area contributed by atoms with Gasteiger partial charge in [0.1, 0.15) is 11.5 Å². The minimum absolute atomic E-state index is 0.0650. The fraction of sp³-hybridized carbons (Fsp3) is 0.200. The summed E-state index contributed by atoms with van der Waals surface area (Å²) in [7, 11) is 1.93. The van der Waals surface area contributed by atoms with Crippen molar-refractivity contribution in [1.29, 1.82) is 0 Å². The lowest BCUT2D eigenvalue weighted by Gasteiger charge is -2.12. The van der Waals surface area contributed by atoms with E-state index in [0.717, 1.165) is 50.1 Å². The van der Waals surface area contributed by atoms with Gasteiger partial charge in [-0.1, -0.05) is 30.3 Å². The topological polar surface area (TPSA) is 89.7 Å². The maximum atomic E-state index is 11.5. The molecule has 6 rings (SSSR count). The van der Waals surface area contributed by atoms with Gasteiger partial charge in [0.2, 0.25) is 5.91 Å². The molecular formula is C25H23N7O. The number of para-hydroxylation sites is 1. The molecule has 0 aliphatic carbocycles. The Bertz CT molecular complexity index is 1510. The molecule has 1 fully saturated rings. The summed E-state index contributed by atoms with van der Waals surface area (Å²) in [6.45, 7) is 2.72. The van der Waals surface area contributed by atoms with Crippen molar-refractivity contribution in [1.82, 2.24) is 29.9 Å². The minimum Gasteiger partial charge on any atom is -0.365 e. The van der Waals surface area contributed by atoms with Crippen molar-refractivity contribution in [3.63, 3.8) is 0 Å². The molecule has 1 unspecified atom stereocenters. The van der Waals surface area contributed by atoms with E-state index in [2.05, 4.69) is 51.9 Å². The van der Waals surface area contributed by atoms with Crippen LogP contribution in [0, 0.1) is 6.92 Å². The number of pyridine rings is 1. The minimum atomic E-state index is 0.0650. The molecule has 1 atom stereocenters. The Morgan fingerprint density at radius 2 is 1.94 bits per heavy atom. The lowest BCUT2D eigenvalue weighted by Crippen LogP contribution is -2.22. The van der Waals surface area contributed by atoms with E-state index >= 15 is 0 Å². The number of hydrogen-bond donors (Lipinski definition) is 2. The second-order valence-electron chi connectivity index (χ2n) is 8.52. The smallest absolute Gasteiger partial charge is 0.222 e. The van der Waals surface area contributed by atoms with Gasteiger partial charge in [-0.15, -0.1) is 0 Å². The van der Waals surface area contributed by atoms with Crippen molar-refractivity contribution in [2.45, 2.75) is 19.4 Å². The Hall–Kier alpha value is -4.20. The zero-order valence-corrected chi connectivity index (χ0v) is 18.4. The van der Waals surface area contributed by atoms with Crippen LogP contribution < -0.4 is 10.6 Å². The third-order valence-corrected chi connectivity index (χ3v) is 6.15. The molecule has 5 aromatic rings. The number of carbonyl (C=O) groups is 1. The van der Waals surface area contributed by atoms with Crippen LogP contribution in [0.25, 0.3) is 38.8 Å². The van der Waals surface area contributed by atoms with Gasteiger partial charge in [0.05, 0.1) is 29.0 Å². The zero-order valence-electron chi connectivity index (χ0n) is 18.4. The molecule has 0 spiro atoms. The number of amides is 1. The van der Waals surface area contributed by atoms with Crippen LogP contribution in [0.1, 0.15) is 12.0 Å². The van der Waals surface area contributed by atoms with E-state index in [1.165, 1.54) is 0 Å². The monoisotopic (exact) mass is 437 g/mol. The first-order valence-corrected chi connectivity index (χ1v) is 11.0. The van der Waals surface area contributed by atoms with E-state index < -0.39 is 0 Å². The van der Waals surface area contributed by atoms with Crippen molar-refractivity contribution in [2.75, 3.05) is 11.9 Å². The average molecular weight is 438 g/mol. The number of nitrogens with zero attached hydrogens (tertiary/aromatic N) is 5. The maximum absolute atomic E-state index is 11.5. The van der Waals surface area contributed by atoms with Gasteiger partial charge >= 0.3 is 0 Å². The van der Waals surface area contributed by atoms with Gasteiger partial charge in [-0.05, 0) is 30.7 Å². The summed E-state index contributed by atoms with van der Waals surface area (Å²) < 4.78 is 3.80. The molecule has 3 aromatic heterocycles. The molecule has 8 heteroatoms. The van der Waals surface area contributed by atoms with Gasteiger partial charge in [-0.25, -0.2) is 9.67 Å². The van der Waals surface area contributed by atoms with E-state index in [-0.39, 0.29) is 11.9 Å². The van der Waals surface area contributed by atoms with Crippen molar-refractivity contribution < 1.29 is 4.79 Å². The van der Waals surface area contributed by atoms with Crippen LogP contribution in [0.2, 0.25) is 0 Å². The van der Waals surface area contributed by atoms with Crippen molar-refractivity contribution in [2.24, 2.45) is 7.05 Å². The molecule has 1 amide bonds. The molecule has 0 saturated carbocycles. The first kappa shape index (κ1) is 19.5. The van der Waals surface area contributed by atoms with Crippen LogP contribution in [-0.4, -0.2) is 43.0 Å². The van der Waals surface area contributed by atoms with Crippen molar-refractivity contribution >= 4 is 33.5 Å². The van der Waals surface area contributed by atoms with E-state index in [1.54, 1.807) is 0 Å². The van der Waals surface area contributed by atoms with Crippen molar-refractivity contribution in [3.8, 4) is 16.9 Å². The molecule has 2 N–H and O–H groups in total. The average Bonchev–Trinajstić information content (AvgIpc) is 3.50. The summed E-state index contributed by atoms with van der Waals surface area (Å²) in [5.41, 5.74) is 6.00. The molecule has 4 heterocycles. The number of aryl methyl sites for hydroxylation is 2. The molecular weight excluding hydrogens is 414 g/mol. The normalized spacial score (nSPS) is 15.9. The Morgan fingerprint density at radius 1 is 1.06 bits per heavy atom. The molecule has 1 aliphatic rings. The number of rotatable bonds is 4. The Labute approximate surface area is 190 Å². The van der Waals surface area contributed by atoms with Crippen LogP contribution in [0.15, 0.2) is 60.9 Å². The highest BCUT2D eigenvalue weighted by atomic mass is 16.1. The quantitative estimate of drug-likeness (QED) is 0.449. The predicted molar refractivity (Wildman–Crippen MR) is 128 cm³/mol. The van der Waals surface area contributed by atoms with Gasteiger partial charge in [-0.2, -0.15) is 10.2 Å². The molecule has 33 heavy (non-hydrogen) atoms. The van der Waals surface area contributed by atoms with Gasteiger partial charge < -0.3 is 10.6 Å². The van der Waals surface area contributed by atoms with Crippen molar-refractivity contribution in [3.05, 3.63) is 66.5 Å². The fourth-order valence-corrected chi connectivity index (χ4v) is 4.60. The van der Waals surface area contributed by atoms with E-state index in [4.69, 9.17) is 5.10 Å². The number of anilines is 1. The lowest BCUT2D eigenvalue weighted by atomic mass is 10.0. The van der Waals surface area contributed by atoms with E-state index in [0.29, 0.717) is 13.0 Å². The van der Waals surface area contributed by atoms with Crippen LogP contribution in [0.3, 0.4) is 0 Å². The number of aromatic nitrogens is 5. The Morgan fingerprint density at radius 3 is 2.73 bits per heavy atom. The summed E-state index contributed by atoms with van der Waals surface area (Å²) in [5, 5.41) is 17.9. The first-order chi connectivity index (χ1) is 16.1. The number of hydrogen-bond acceptors (Lipinski definition) is 5. The van der Waals surface area contributed by atoms with E-state index in [9.17, 15) is 4.79 Å². The summed E-state index contributed by atoms with van der Waals surface area (Å²) in [5.74, 6) is 0.813. The molecule has 2 aromatic carbocycles. The SMILES string of the molecule is Cc1cccc2c(-c3cccc4nn(C)cc34)nn(-c3ccc(NC4CNC(=O)C4)nc3)c12. The summed E-state index contributed by atoms with van der Waals surface area (Å²) in [6.07, 6.45) is 4.32. The maximum Gasteiger partial charge on any atom is 0.222 e. The van der Waals surface area contributed by atoms with Crippen LogP contribution in [0.4, 0.5) is 5.82 Å². The molecule has 164 valence electrons. The highest BCUT2D eigenvalue weighted by molar-refractivity contribution is 6.03. The van der Waals surface area contributed by atoms with Crippen LogP contribution in [0.5, 0.6) is 0 Å². The molecule has 1 saturated heterocycles. The second kappa shape index (κ2) is 7.44. The third kappa shape index (κ3) is 3.31. The highest BCUT2D eigenvalue weighted by Crippen LogP contribution is 2.35. The Kier molecular flexibility index (Phi) is 4.39.